The van der Waals surface area contributed by atoms with Crippen LogP contribution in [0.5, 0.6) is 0 Å². The number of halogens is 1. The van der Waals surface area contributed by atoms with Crippen LogP contribution in [0.3, 0.4) is 0 Å². The van der Waals surface area contributed by atoms with Gasteiger partial charge in [0.25, 0.3) is 5.56 Å². The SMILES string of the molecule is N#Cc1ccc(CN2CCc3nc(N)[nH]c(=O)c3C2)cc1F. The molecule has 112 valence electrons. The summed E-state index contributed by atoms with van der Waals surface area (Å²) in [6.07, 6.45) is 0.627. The van der Waals surface area contributed by atoms with Gasteiger partial charge in [-0.25, -0.2) is 9.37 Å². The average Bonchev–Trinajstić information content (AvgIpc) is 2.48. The van der Waals surface area contributed by atoms with Gasteiger partial charge in [0.15, 0.2) is 0 Å². The molecule has 2 heterocycles. The van der Waals surface area contributed by atoms with Gasteiger partial charge in [-0.15, -0.1) is 0 Å². The van der Waals surface area contributed by atoms with E-state index in [-0.39, 0.29) is 17.1 Å². The summed E-state index contributed by atoms with van der Waals surface area (Å²) in [6, 6.07) is 6.35. The molecule has 2 aromatic rings. The molecule has 7 heteroatoms. The van der Waals surface area contributed by atoms with E-state index in [4.69, 9.17) is 11.0 Å². The van der Waals surface area contributed by atoms with Crippen molar-refractivity contribution in [1.29, 1.82) is 5.26 Å². The topological polar surface area (TPSA) is 98.8 Å². The quantitative estimate of drug-likeness (QED) is 0.859. The number of nitriles is 1. The number of nitrogens with one attached hydrogen (secondary N) is 1. The Morgan fingerprint density at radius 2 is 2.32 bits per heavy atom. The van der Waals surface area contributed by atoms with E-state index in [9.17, 15) is 9.18 Å². The molecule has 1 aromatic heterocycles. The lowest BCUT2D eigenvalue weighted by atomic mass is 10.1. The minimum absolute atomic E-state index is 0.0314. The summed E-state index contributed by atoms with van der Waals surface area (Å²) in [5.74, 6) is -0.393. The lowest BCUT2D eigenvalue weighted by molar-refractivity contribution is 0.241. The highest BCUT2D eigenvalue weighted by atomic mass is 19.1. The summed E-state index contributed by atoms with van der Waals surface area (Å²) >= 11 is 0. The van der Waals surface area contributed by atoms with Gasteiger partial charge in [0, 0.05) is 26.1 Å². The molecule has 1 aliphatic rings. The molecule has 0 bridgehead atoms. The molecule has 22 heavy (non-hydrogen) atoms. The number of hydrogen-bond acceptors (Lipinski definition) is 5. The van der Waals surface area contributed by atoms with Crippen LogP contribution in [0, 0.1) is 17.1 Å². The predicted octanol–water partition coefficient (Wildman–Crippen LogP) is 0.921. The summed E-state index contributed by atoms with van der Waals surface area (Å²) in [5, 5.41) is 8.74. The number of hydrogen-bond donors (Lipinski definition) is 2. The molecule has 0 aliphatic carbocycles. The van der Waals surface area contributed by atoms with Crippen LogP contribution in [0.4, 0.5) is 10.3 Å². The third-order valence-electron chi connectivity index (χ3n) is 3.73. The molecule has 0 saturated heterocycles. The fourth-order valence-electron chi connectivity index (χ4n) is 2.64. The van der Waals surface area contributed by atoms with Gasteiger partial charge in [-0.1, -0.05) is 6.07 Å². The molecule has 0 unspecified atom stereocenters. The van der Waals surface area contributed by atoms with Crippen molar-refractivity contribution in [3.05, 3.63) is 56.8 Å². The molecule has 0 atom stereocenters. The van der Waals surface area contributed by atoms with Gasteiger partial charge >= 0.3 is 0 Å². The Kier molecular flexibility index (Phi) is 3.61. The van der Waals surface area contributed by atoms with Crippen LogP contribution in [0.15, 0.2) is 23.0 Å². The van der Waals surface area contributed by atoms with Crippen LogP contribution in [-0.2, 0) is 19.5 Å². The first-order valence-electron chi connectivity index (χ1n) is 6.85. The number of benzene rings is 1. The Morgan fingerprint density at radius 1 is 1.50 bits per heavy atom. The van der Waals surface area contributed by atoms with Crippen molar-refractivity contribution in [2.75, 3.05) is 12.3 Å². The molecular formula is C15H14FN5O. The van der Waals surface area contributed by atoms with Gasteiger partial charge < -0.3 is 5.73 Å². The Hall–Kier alpha value is -2.72. The number of aromatic amines is 1. The maximum absolute atomic E-state index is 13.6. The molecule has 1 aliphatic heterocycles. The van der Waals surface area contributed by atoms with Crippen LogP contribution >= 0.6 is 0 Å². The van der Waals surface area contributed by atoms with Crippen molar-refractivity contribution in [2.24, 2.45) is 0 Å². The highest BCUT2D eigenvalue weighted by molar-refractivity contribution is 5.33. The fraction of sp³-hybridized carbons (Fsp3) is 0.267. The molecule has 0 fully saturated rings. The van der Waals surface area contributed by atoms with E-state index in [2.05, 4.69) is 9.97 Å². The Morgan fingerprint density at radius 3 is 3.05 bits per heavy atom. The van der Waals surface area contributed by atoms with Crippen molar-refractivity contribution in [1.82, 2.24) is 14.9 Å². The minimum Gasteiger partial charge on any atom is -0.369 e. The summed E-state index contributed by atoms with van der Waals surface area (Å²) in [6.45, 7) is 1.66. The molecule has 1 aromatic carbocycles. The lowest BCUT2D eigenvalue weighted by Crippen LogP contribution is -2.35. The van der Waals surface area contributed by atoms with Gasteiger partial charge in [0.05, 0.1) is 16.8 Å². The Bertz CT molecular complexity index is 824. The zero-order valence-electron chi connectivity index (χ0n) is 11.8. The predicted molar refractivity (Wildman–Crippen MR) is 78.2 cm³/mol. The van der Waals surface area contributed by atoms with Crippen LogP contribution < -0.4 is 11.3 Å². The number of rotatable bonds is 2. The maximum atomic E-state index is 13.6. The third-order valence-corrected chi connectivity index (χ3v) is 3.73. The average molecular weight is 299 g/mol. The second kappa shape index (κ2) is 5.58. The van der Waals surface area contributed by atoms with Crippen LogP contribution in [0.25, 0.3) is 0 Å². The van der Waals surface area contributed by atoms with Crippen LogP contribution in [0.1, 0.15) is 22.4 Å². The number of nitrogen functional groups attached to an aromatic ring is 1. The Labute approximate surface area is 126 Å². The van der Waals surface area contributed by atoms with Gasteiger partial charge in [-0.3, -0.25) is 14.7 Å². The van der Waals surface area contributed by atoms with Crippen molar-refractivity contribution >= 4 is 5.95 Å². The first kappa shape index (κ1) is 14.2. The number of fused-ring (bicyclic) bond motifs is 1. The zero-order chi connectivity index (χ0) is 15.7. The largest absolute Gasteiger partial charge is 0.369 e. The van der Waals surface area contributed by atoms with Crippen LogP contribution in [-0.4, -0.2) is 21.4 Å². The normalized spacial score (nSPS) is 14.4. The molecular weight excluding hydrogens is 285 g/mol. The zero-order valence-corrected chi connectivity index (χ0v) is 11.8. The van der Waals surface area contributed by atoms with E-state index < -0.39 is 5.82 Å². The number of aromatic nitrogens is 2. The minimum atomic E-state index is -0.523. The highest BCUT2D eigenvalue weighted by Gasteiger charge is 2.21. The molecule has 3 rings (SSSR count). The summed E-state index contributed by atoms with van der Waals surface area (Å²) in [7, 11) is 0. The van der Waals surface area contributed by atoms with E-state index in [0.29, 0.717) is 31.6 Å². The maximum Gasteiger partial charge on any atom is 0.257 e. The monoisotopic (exact) mass is 299 g/mol. The van der Waals surface area contributed by atoms with Crippen molar-refractivity contribution in [2.45, 2.75) is 19.5 Å². The van der Waals surface area contributed by atoms with E-state index in [1.165, 1.54) is 12.1 Å². The van der Waals surface area contributed by atoms with Crippen molar-refractivity contribution < 1.29 is 4.39 Å². The summed E-state index contributed by atoms with van der Waals surface area (Å²) in [4.78, 5) is 20.6. The van der Waals surface area contributed by atoms with Gasteiger partial charge in [-0.2, -0.15) is 5.26 Å². The number of H-pyrrole nitrogens is 1. The highest BCUT2D eigenvalue weighted by Crippen LogP contribution is 2.18. The molecule has 0 saturated carbocycles. The standard InChI is InChI=1S/C15H14FN5O/c16-12-5-9(1-2-10(12)6-17)7-21-4-3-13-11(8-21)14(22)20-15(18)19-13/h1-2,5H,3-4,7-8H2,(H3,18,19,20,22). The summed E-state index contributed by atoms with van der Waals surface area (Å²) < 4.78 is 13.6. The first-order valence-corrected chi connectivity index (χ1v) is 6.85. The number of nitrogens with two attached hydrogens (primary N) is 1. The molecule has 0 radical (unpaired) electrons. The Balaban J connectivity index is 1.80. The van der Waals surface area contributed by atoms with Crippen molar-refractivity contribution in [3.8, 4) is 6.07 Å². The number of nitrogens with zero attached hydrogens (tertiary/aromatic N) is 3. The first-order chi connectivity index (χ1) is 10.6. The van der Waals surface area contributed by atoms with Gasteiger partial charge in [-0.05, 0) is 17.7 Å². The lowest BCUT2D eigenvalue weighted by Gasteiger charge is -2.27. The molecule has 6 nitrogen and oxygen atoms in total. The molecule has 0 amide bonds. The second-order valence-corrected chi connectivity index (χ2v) is 5.26. The third kappa shape index (κ3) is 2.69. The molecule has 0 spiro atoms. The van der Waals surface area contributed by atoms with Gasteiger partial charge in [0.2, 0.25) is 5.95 Å². The van der Waals surface area contributed by atoms with Crippen LogP contribution in [0.2, 0.25) is 0 Å². The fourth-order valence-corrected chi connectivity index (χ4v) is 2.64. The van der Waals surface area contributed by atoms with E-state index >= 15 is 0 Å². The summed E-state index contributed by atoms with van der Waals surface area (Å²) in [5.41, 5.74) is 7.44. The second-order valence-electron chi connectivity index (χ2n) is 5.26. The van der Waals surface area contributed by atoms with E-state index in [0.717, 1.165) is 11.3 Å². The molecule has 3 N–H and O–H groups in total. The van der Waals surface area contributed by atoms with Gasteiger partial charge in [0.1, 0.15) is 11.9 Å². The van der Waals surface area contributed by atoms with E-state index in [1.807, 2.05) is 4.90 Å². The smallest absolute Gasteiger partial charge is 0.257 e. The number of anilines is 1. The van der Waals surface area contributed by atoms with Crippen molar-refractivity contribution in [3.63, 3.8) is 0 Å². The van der Waals surface area contributed by atoms with E-state index in [1.54, 1.807) is 12.1 Å².